The van der Waals surface area contributed by atoms with Crippen molar-refractivity contribution in [3.8, 4) is 0 Å². The van der Waals surface area contributed by atoms with Gasteiger partial charge in [-0.3, -0.25) is 4.79 Å². The van der Waals surface area contributed by atoms with E-state index < -0.39 is 0 Å². The SMILES string of the molecule is Cc1cc(C(=O)N(Cc2ccccc2)C2CC2)c(C)s1. The van der Waals surface area contributed by atoms with Crippen LogP contribution in [-0.2, 0) is 6.54 Å². The maximum atomic E-state index is 12.8. The second kappa shape index (κ2) is 5.41. The number of carbonyl (C=O) groups excluding carboxylic acids is 1. The summed E-state index contributed by atoms with van der Waals surface area (Å²) in [6.07, 6.45) is 2.28. The molecule has 2 aromatic rings. The molecule has 1 aromatic carbocycles. The maximum Gasteiger partial charge on any atom is 0.255 e. The quantitative estimate of drug-likeness (QED) is 0.825. The fourth-order valence-corrected chi connectivity index (χ4v) is 3.45. The van der Waals surface area contributed by atoms with Crippen LogP contribution in [0.3, 0.4) is 0 Å². The molecule has 104 valence electrons. The molecule has 0 radical (unpaired) electrons. The zero-order valence-corrected chi connectivity index (χ0v) is 12.7. The lowest BCUT2D eigenvalue weighted by Gasteiger charge is -2.22. The predicted molar refractivity (Wildman–Crippen MR) is 83.1 cm³/mol. The molecule has 0 aliphatic heterocycles. The summed E-state index contributed by atoms with van der Waals surface area (Å²) in [5.74, 6) is 0.193. The fourth-order valence-electron chi connectivity index (χ4n) is 2.53. The number of rotatable bonds is 4. The van der Waals surface area contributed by atoms with Crippen molar-refractivity contribution in [2.45, 2.75) is 39.3 Å². The summed E-state index contributed by atoms with van der Waals surface area (Å²) in [5.41, 5.74) is 2.09. The number of benzene rings is 1. The van der Waals surface area contributed by atoms with Crippen molar-refractivity contribution in [2.24, 2.45) is 0 Å². The molecule has 0 atom stereocenters. The molecule has 0 unspecified atom stereocenters. The molecule has 1 heterocycles. The molecule has 1 aliphatic rings. The average Bonchev–Trinajstić information content (AvgIpc) is 3.22. The lowest BCUT2D eigenvalue weighted by atomic mass is 10.1. The second-order valence-electron chi connectivity index (χ2n) is 5.48. The van der Waals surface area contributed by atoms with Crippen molar-refractivity contribution in [2.75, 3.05) is 0 Å². The summed E-state index contributed by atoms with van der Waals surface area (Å²) in [7, 11) is 0. The zero-order valence-electron chi connectivity index (χ0n) is 11.9. The third kappa shape index (κ3) is 2.78. The molecular weight excluding hydrogens is 266 g/mol. The van der Waals surface area contributed by atoms with Gasteiger partial charge in [-0.1, -0.05) is 30.3 Å². The first-order valence-corrected chi connectivity index (χ1v) is 7.88. The summed E-state index contributed by atoms with van der Waals surface area (Å²) >= 11 is 1.71. The normalized spacial score (nSPS) is 14.3. The number of carbonyl (C=O) groups is 1. The van der Waals surface area contributed by atoms with Crippen LogP contribution in [0.2, 0.25) is 0 Å². The highest BCUT2D eigenvalue weighted by molar-refractivity contribution is 7.12. The molecule has 20 heavy (non-hydrogen) atoms. The third-order valence-corrected chi connectivity index (χ3v) is 4.68. The maximum absolute atomic E-state index is 12.8. The van der Waals surface area contributed by atoms with Gasteiger partial charge in [-0.25, -0.2) is 0 Å². The van der Waals surface area contributed by atoms with E-state index in [2.05, 4.69) is 19.1 Å². The summed E-state index contributed by atoms with van der Waals surface area (Å²) in [6, 6.07) is 12.7. The Morgan fingerprint density at radius 3 is 2.50 bits per heavy atom. The topological polar surface area (TPSA) is 20.3 Å². The molecule has 3 rings (SSSR count). The van der Waals surface area contributed by atoms with Gasteiger partial charge in [0, 0.05) is 22.3 Å². The first-order chi connectivity index (χ1) is 9.65. The van der Waals surface area contributed by atoms with Crippen LogP contribution in [0, 0.1) is 13.8 Å². The van der Waals surface area contributed by atoms with Gasteiger partial charge in [-0.05, 0) is 38.3 Å². The molecule has 0 spiro atoms. The van der Waals surface area contributed by atoms with Gasteiger partial charge in [0.05, 0.1) is 5.56 Å². The minimum atomic E-state index is 0.193. The third-order valence-electron chi connectivity index (χ3n) is 3.72. The minimum absolute atomic E-state index is 0.193. The molecule has 0 N–H and O–H groups in total. The summed E-state index contributed by atoms with van der Waals surface area (Å²) in [6.45, 7) is 4.82. The summed E-state index contributed by atoms with van der Waals surface area (Å²) in [5, 5.41) is 0. The highest BCUT2D eigenvalue weighted by Crippen LogP contribution is 2.31. The molecule has 1 aromatic heterocycles. The van der Waals surface area contributed by atoms with Gasteiger partial charge in [-0.15, -0.1) is 11.3 Å². The van der Waals surface area contributed by atoms with Crippen molar-refractivity contribution < 1.29 is 4.79 Å². The Hall–Kier alpha value is -1.61. The van der Waals surface area contributed by atoms with Gasteiger partial charge in [-0.2, -0.15) is 0 Å². The van der Waals surface area contributed by atoms with E-state index in [1.165, 1.54) is 10.4 Å². The Labute approximate surface area is 124 Å². The van der Waals surface area contributed by atoms with E-state index in [9.17, 15) is 4.79 Å². The van der Waals surface area contributed by atoms with Crippen molar-refractivity contribution in [3.63, 3.8) is 0 Å². The minimum Gasteiger partial charge on any atom is -0.331 e. The number of aryl methyl sites for hydroxylation is 2. The first kappa shape index (κ1) is 13.4. The monoisotopic (exact) mass is 285 g/mol. The van der Waals surface area contributed by atoms with E-state index in [-0.39, 0.29) is 5.91 Å². The molecule has 0 bridgehead atoms. The number of thiophene rings is 1. The van der Waals surface area contributed by atoms with Crippen molar-refractivity contribution in [1.29, 1.82) is 0 Å². The van der Waals surface area contributed by atoms with Gasteiger partial charge in [0.2, 0.25) is 0 Å². The standard InChI is InChI=1S/C17H19NOS/c1-12-10-16(13(2)20-12)17(19)18(15-8-9-15)11-14-6-4-3-5-7-14/h3-7,10,15H,8-9,11H2,1-2H3. The number of nitrogens with zero attached hydrogens (tertiary/aromatic N) is 1. The molecule has 1 saturated carbocycles. The van der Waals surface area contributed by atoms with Crippen LogP contribution >= 0.6 is 11.3 Å². The molecule has 2 nitrogen and oxygen atoms in total. The Morgan fingerprint density at radius 2 is 1.95 bits per heavy atom. The average molecular weight is 285 g/mol. The van der Waals surface area contributed by atoms with Gasteiger partial charge in [0.15, 0.2) is 0 Å². The van der Waals surface area contributed by atoms with E-state index in [1.807, 2.05) is 36.1 Å². The molecule has 1 fully saturated rings. The van der Waals surface area contributed by atoms with Crippen LogP contribution in [0.4, 0.5) is 0 Å². The molecule has 1 aliphatic carbocycles. The van der Waals surface area contributed by atoms with E-state index in [1.54, 1.807) is 11.3 Å². The second-order valence-corrected chi connectivity index (χ2v) is 6.94. The van der Waals surface area contributed by atoms with E-state index >= 15 is 0 Å². The van der Waals surface area contributed by atoms with Gasteiger partial charge in [0.1, 0.15) is 0 Å². The lowest BCUT2D eigenvalue weighted by molar-refractivity contribution is 0.0730. The van der Waals surface area contributed by atoms with E-state index in [4.69, 9.17) is 0 Å². The van der Waals surface area contributed by atoms with Gasteiger partial charge in [0.25, 0.3) is 5.91 Å². The van der Waals surface area contributed by atoms with Crippen molar-refractivity contribution >= 4 is 17.2 Å². The smallest absolute Gasteiger partial charge is 0.255 e. The molecule has 3 heteroatoms. The highest BCUT2D eigenvalue weighted by Gasteiger charge is 2.33. The lowest BCUT2D eigenvalue weighted by Crippen LogP contribution is -2.32. The predicted octanol–water partition coefficient (Wildman–Crippen LogP) is 4.17. The molecule has 0 saturated heterocycles. The van der Waals surface area contributed by atoms with Crippen molar-refractivity contribution in [1.82, 2.24) is 4.90 Å². The van der Waals surface area contributed by atoms with Crippen LogP contribution in [0.5, 0.6) is 0 Å². The van der Waals surface area contributed by atoms with E-state index in [0.29, 0.717) is 6.04 Å². The summed E-state index contributed by atoms with van der Waals surface area (Å²) < 4.78 is 0. The van der Waals surface area contributed by atoms with Crippen LogP contribution in [0.15, 0.2) is 36.4 Å². The number of hydrogen-bond donors (Lipinski definition) is 0. The van der Waals surface area contributed by atoms with Gasteiger partial charge < -0.3 is 4.90 Å². The van der Waals surface area contributed by atoms with Crippen LogP contribution < -0.4 is 0 Å². The molecular formula is C17H19NOS. The Bertz CT molecular complexity index is 613. The van der Waals surface area contributed by atoms with Crippen molar-refractivity contribution in [3.05, 3.63) is 57.3 Å². The Morgan fingerprint density at radius 1 is 1.25 bits per heavy atom. The number of amides is 1. The fraction of sp³-hybridized carbons (Fsp3) is 0.353. The Kier molecular flexibility index (Phi) is 3.62. The van der Waals surface area contributed by atoms with Crippen LogP contribution in [-0.4, -0.2) is 16.8 Å². The largest absolute Gasteiger partial charge is 0.331 e. The Balaban J connectivity index is 1.84. The van der Waals surface area contributed by atoms with Gasteiger partial charge >= 0.3 is 0 Å². The van der Waals surface area contributed by atoms with Crippen LogP contribution in [0.1, 0.15) is 38.5 Å². The molecule has 1 amide bonds. The first-order valence-electron chi connectivity index (χ1n) is 7.07. The number of hydrogen-bond acceptors (Lipinski definition) is 2. The summed E-state index contributed by atoms with van der Waals surface area (Å²) in [4.78, 5) is 17.2. The van der Waals surface area contributed by atoms with E-state index in [0.717, 1.165) is 29.8 Å². The van der Waals surface area contributed by atoms with Crippen LogP contribution in [0.25, 0.3) is 0 Å². The highest BCUT2D eigenvalue weighted by atomic mass is 32.1. The zero-order chi connectivity index (χ0) is 14.1.